The summed E-state index contributed by atoms with van der Waals surface area (Å²) >= 11 is 0. The Morgan fingerprint density at radius 2 is 1.80 bits per heavy atom. The van der Waals surface area contributed by atoms with E-state index >= 15 is 0 Å². The van der Waals surface area contributed by atoms with Crippen LogP contribution in [0.5, 0.6) is 11.5 Å². The Morgan fingerprint density at radius 3 is 2.20 bits per heavy atom. The molecule has 1 aromatic rings. The smallest absolute Gasteiger partial charge is 0.340 e. The van der Waals surface area contributed by atoms with Gasteiger partial charge in [-0.3, -0.25) is 0 Å². The summed E-state index contributed by atoms with van der Waals surface area (Å²) in [6.07, 6.45) is 0. The van der Waals surface area contributed by atoms with Crippen LogP contribution in [-0.2, 0) is 0 Å². The Morgan fingerprint density at radius 1 is 1.20 bits per heavy atom. The van der Waals surface area contributed by atoms with Gasteiger partial charge < -0.3 is 20.1 Å². The number of aromatic hydroxyl groups is 1. The minimum Gasteiger partial charge on any atom is -0.507 e. The molecule has 0 aliphatic heterocycles. The number of benzene rings is 1. The monoisotopic (exact) mass is 212 g/mol. The quantitative estimate of drug-likeness (QED) is 0.684. The molecule has 0 bridgehead atoms. The topological polar surface area (TPSA) is 104 Å². The van der Waals surface area contributed by atoms with E-state index in [2.05, 4.69) is 0 Å². The van der Waals surface area contributed by atoms with E-state index < -0.39 is 28.8 Å². The van der Waals surface area contributed by atoms with E-state index in [9.17, 15) is 14.7 Å². The first kappa shape index (κ1) is 10.8. The summed E-state index contributed by atoms with van der Waals surface area (Å²) in [5, 5.41) is 26.7. The molecular formula is C9H8O6. The maximum atomic E-state index is 10.7. The van der Waals surface area contributed by atoms with Gasteiger partial charge in [0.2, 0.25) is 0 Å². The van der Waals surface area contributed by atoms with Gasteiger partial charge >= 0.3 is 11.9 Å². The standard InChI is InChI=1S/C9H8O6/c1-15-4-2-5(8(11)12)7(9(13)14)6(10)3-4/h2-3,10H,1H3,(H,11,12)(H,13,14). The lowest BCUT2D eigenvalue weighted by Gasteiger charge is -2.07. The van der Waals surface area contributed by atoms with Crippen molar-refractivity contribution in [2.24, 2.45) is 0 Å². The number of rotatable bonds is 3. The van der Waals surface area contributed by atoms with E-state index in [1.54, 1.807) is 0 Å². The molecule has 0 amide bonds. The van der Waals surface area contributed by atoms with Crippen molar-refractivity contribution in [1.29, 1.82) is 0 Å². The molecule has 15 heavy (non-hydrogen) atoms. The second-order valence-corrected chi connectivity index (χ2v) is 2.68. The summed E-state index contributed by atoms with van der Waals surface area (Å²) in [7, 11) is 1.28. The lowest BCUT2D eigenvalue weighted by atomic mass is 10.1. The molecule has 0 aromatic heterocycles. The molecule has 0 aliphatic rings. The van der Waals surface area contributed by atoms with Crippen molar-refractivity contribution in [3.05, 3.63) is 23.3 Å². The highest BCUT2D eigenvalue weighted by molar-refractivity contribution is 6.04. The summed E-state index contributed by atoms with van der Waals surface area (Å²) in [6.45, 7) is 0. The van der Waals surface area contributed by atoms with Crippen LogP contribution in [0.2, 0.25) is 0 Å². The first-order chi connectivity index (χ1) is 6.97. The molecule has 0 radical (unpaired) electrons. The fourth-order valence-electron chi connectivity index (χ4n) is 1.11. The minimum absolute atomic E-state index is 0.0786. The number of hydrogen-bond acceptors (Lipinski definition) is 4. The normalized spacial score (nSPS) is 9.67. The number of carbonyl (C=O) groups is 2. The SMILES string of the molecule is COc1cc(O)c(C(=O)O)c(C(=O)O)c1. The zero-order valence-corrected chi connectivity index (χ0v) is 7.72. The lowest BCUT2D eigenvalue weighted by Crippen LogP contribution is -2.08. The minimum atomic E-state index is -1.51. The van der Waals surface area contributed by atoms with Crippen molar-refractivity contribution in [2.45, 2.75) is 0 Å². The van der Waals surface area contributed by atoms with Crippen molar-refractivity contribution >= 4 is 11.9 Å². The highest BCUT2D eigenvalue weighted by Gasteiger charge is 2.21. The molecule has 0 atom stereocenters. The van der Waals surface area contributed by atoms with Crippen molar-refractivity contribution in [1.82, 2.24) is 0 Å². The van der Waals surface area contributed by atoms with Crippen molar-refractivity contribution in [3.63, 3.8) is 0 Å². The van der Waals surface area contributed by atoms with E-state index in [-0.39, 0.29) is 5.75 Å². The third-order valence-corrected chi connectivity index (χ3v) is 1.77. The fourth-order valence-corrected chi connectivity index (χ4v) is 1.11. The molecule has 6 nitrogen and oxygen atoms in total. The molecule has 1 rings (SSSR count). The lowest BCUT2D eigenvalue weighted by molar-refractivity contribution is 0.0648. The number of carboxylic acids is 2. The second-order valence-electron chi connectivity index (χ2n) is 2.68. The number of hydrogen-bond donors (Lipinski definition) is 3. The summed E-state index contributed by atoms with van der Waals surface area (Å²) in [5.41, 5.74) is -1.16. The Bertz CT molecular complexity index is 423. The van der Waals surface area contributed by atoms with Crippen LogP contribution in [0.15, 0.2) is 12.1 Å². The maximum absolute atomic E-state index is 10.7. The van der Waals surface area contributed by atoms with Crippen LogP contribution in [0.4, 0.5) is 0 Å². The average Bonchev–Trinajstić information content (AvgIpc) is 2.15. The predicted octanol–water partition coefficient (Wildman–Crippen LogP) is 0.797. The summed E-state index contributed by atoms with van der Waals surface area (Å²) < 4.78 is 4.70. The van der Waals surface area contributed by atoms with Gasteiger partial charge in [-0.25, -0.2) is 9.59 Å². The van der Waals surface area contributed by atoms with Crippen LogP contribution in [0.1, 0.15) is 20.7 Å². The average molecular weight is 212 g/mol. The molecule has 0 fully saturated rings. The van der Waals surface area contributed by atoms with Crippen molar-refractivity contribution in [3.8, 4) is 11.5 Å². The molecule has 0 saturated carbocycles. The Labute approximate surface area is 84.3 Å². The number of ether oxygens (including phenoxy) is 1. The van der Waals surface area contributed by atoms with Crippen molar-refractivity contribution < 1.29 is 29.6 Å². The largest absolute Gasteiger partial charge is 0.507 e. The zero-order chi connectivity index (χ0) is 11.6. The number of aromatic carboxylic acids is 2. The summed E-state index contributed by atoms with van der Waals surface area (Å²) in [5.74, 6) is -3.51. The first-order valence-corrected chi connectivity index (χ1v) is 3.85. The van der Waals surface area contributed by atoms with Gasteiger partial charge in [-0.05, 0) is 6.07 Å². The van der Waals surface area contributed by atoms with Gasteiger partial charge in [0, 0.05) is 6.07 Å². The van der Waals surface area contributed by atoms with E-state index in [0.717, 1.165) is 12.1 Å². The highest BCUT2D eigenvalue weighted by Crippen LogP contribution is 2.27. The van der Waals surface area contributed by atoms with Gasteiger partial charge in [-0.15, -0.1) is 0 Å². The highest BCUT2D eigenvalue weighted by atomic mass is 16.5. The molecular weight excluding hydrogens is 204 g/mol. The fraction of sp³-hybridized carbons (Fsp3) is 0.111. The molecule has 6 heteroatoms. The molecule has 0 spiro atoms. The van der Waals surface area contributed by atoms with Crippen LogP contribution in [0.25, 0.3) is 0 Å². The Kier molecular flexibility index (Phi) is 2.80. The maximum Gasteiger partial charge on any atom is 0.340 e. The van der Waals surface area contributed by atoms with Crippen LogP contribution in [-0.4, -0.2) is 34.4 Å². The molecule has 80 valence electrons. The number of carboxylic acid groups (broad SMARTS) is 2. The third-order valence-electron chi connectivity index (χ3n) is 1.77. The third kappa shape index (κ3) is 1.98. The Balaban J connectivity index is 3.49. The van der Waals surface area contributed by atoms with E-state index in [4.69, 9.17) is 14.9 Å². The van der Waals surface area contributed by atoms with Gasteiger partial charge in [0.05, 0.1) is 12.7 Å². The second kappa shape index (κ2) is 3.87. The van der Waals surface area contributed by atoms with Gasteiger partial charge in [-0.1, -0.05) is 0 Å². The number of methoxy groups -OCH3 is 1. The van der Waals surface area contributed by atoms with E-state index in [0.29, 0.717) is 0 Å². The van der Waals surface area contributed by atoms with Crippen molar-refractivity contribution in [2.75, 3.05) is 7.11 Å². The molecule has 3 N–H and O–H groups in total. The van der Waals surface area contributed by atoms with Crippen LogP contribution < -0.4 is 4.74 Å². The van der Waals surface area contributed by atoms with E-state index in [1.165, 1.54) is 7.11 Å². The first-order valence-electron chi connectivity index (χ1n) is 3.85. The summed E-state index contributed by atoms with van der Waals surface area (Å²) in [6, 6.07) is 2.07. The molecule has 0 aliphatic carbocycles. The van der Waals surface area contributed by atoms with Gasteiger partial charge in [-0.2, -0.15) is 0 Å². The van der Waals surface area contributed by atoms with E-state index in [1.807, 2.05) is 0 Å². The van der Waals surface area contributed by atoms with Gasteiger partial charge in [0.1, 0.15) is 17.1 Å². The van der Waals surface area contributed by atoms with Gasteiger partial charge in [0.15, 0.2) is 0 Å². The van der Waals surface area contributed by atoms with Crippen LogP contribution in [0.3, 0.4) is 0 Å². The molecule has 0 unspecified atom stereocenters. The summed E-state index contributed by atoms with van der Waals surface area (Å²) in [4.78, 5) is 21.4. The molecule has 0 saturated heterocycles. The Hall–Kier alpha value is -2.24. The van der Waals surface area contributed by atoms with Crippen LogP contribution >= 0.6 is 0 Å². The zero-order valence-electron chi connectivity index (χ0n) is 7.72. The number of phenols is 1. The predicted molar refractivity (Wildman–Crippen MR) is 48.6 cm³/mol. The van der Waals surface area contributed by atoms with Gasteiger partial charge in [0.25, 0.3) is 0 Å². The molecule has 1 aromatic carbocycles. The van der Waals surface area contributed by atoms with Crippen LogP contribution in [0, 0.1) is 0 Å². The molecule has 0 heterocycles.